The number of benzene rings is 1. The molecule has 1 N–H and O–H groups in total. The van der Waals surface area contributed by atoms with Crippen molar-refractivity contribution in [2.75, 3.05) is 39.5 Å². The van der Waals surface area contributed by atoms with Crippen LogP contribution in [0.5, 0.6) is 0 Å². The van der Waals surface area contributed by atoms with Crippen LogP contribution in [0.1, 0.15) is 31.4 Å². The van der Waals surface area contributed by atoms with E-state index < -0.39 is 6.10 Å². The molecule has 118 valence electrons. The third-order valence-corrected chi connectivity index (χ3v) is 3.97. The van der Waals surface area contributed by atoms with Crippen LogP contribution in [0.15, 0.2) is 30.3 Å². The van der Waals surface area contributed by atoms with E-state index in [4.69, 9.17) is 9.47 Å². The Hall–Kier alpha value is -0.940. The van der Waals surface area contributed by atoms with Crippen molar-refractivity contribution in [3.8, 4) is 0 Å². The lowest BCUT2D eigenvalue weighted by Crippen LogP contribution is -2.46. The number of aliphatic hydroxyl groups is 1. The Morgan fingerprint density at radius 3 is 2.95 bits per heavy atom. The Labute approximate surface area is 127 Å². The lowest BCUT2D eigenvalue weighted by Gasteiger charge is -2.36. The van der Waals surface area contributed by atoms with E-state index in [2.05, 4.69) is 4.90 Å². The summed E-state index contributed by atoms with van der Waals surface area (Å²) < 4.78 is 11.0. The molecule has 0 aromatic heterocycles. The molecule has 0 aliphatic carbocycles. The Morgan fingerprint density at radius 2 is 2.19 bits per heavy atom. The van der Waals surface area contributed by atoms with Gasteiger partial charge in [0.1, 0.15) is 0 Å². The smallest absolute Gasteiger partial charge is 0.0805 e. The van der Waals surface area contributed by atoms with Crippen molar-refractivity contribution >= 4 is 0 Å². The molecule has 0 radical (unpaired) electrons. The standard InChI is InChI=1S/C17H27NO3/c1-2-20-11-6-9-18-10-12-21-14-16(18)13-17(19)15-7-4-3-5-8-15/h3-5,7-8,16-17,19H,2,6,9-14H2,1H3. The fourth-order valence-electron chi connectivity index (χ4n) is 2.78. The van der Waals surface area contributed by atoms with Gasteiger partial charge in [-0.3, -0.25) is 4.90 Å². The maximum Gasteiger partial charge on any atom is 0.0805 e. The number of ether oxygens (including phenoxy) is 2. The largest absolute Gasteiger partial charge is 0.388 e. The lowest BCUT2D eigenvalue weighted by molar-refractivity contribution is -0.0290. The van der Waals surface area contributed by atoms with Gasteiger partial charge in [0, 0.05) is 32.3 Å². The van der Waals surface area contributed by atoms with E-state index in [-0.39, 0.29) is 6.04 Å². The number of nitrogens with zero attached hydrogens (tertiary/aromatic N) is 1. The second kappa shape index (κ2) is 9.15. The van der Waals surface area contributed by atoms with Crippen LogP contribution in [0, 0.1) is 0 Å². The van der Waals surface area contributed by atoms with Crippen LogP contribution in [-0.2, 0) is 9.47 Å². The zero-order valence-electron chi connectivity index (χ0n) is 12.9. The molecule has 0 amide bonds. The third-order valence-electron chi connectivity index (χ3n) is 3.97. The van der Waals surface area contributed by atoms with Crippen LogP contribution in [0.3, 0.4) is 0 Å². The van der Waals surface area contributed by atoms with Crippen LogP contribution in [0.4, 0.5) is 0 Å². The molecule has 0 spiro atoms. The highest BCUT2D eigenvalue weighted by Gasteiger charge is 2.25. The molecule has 2 atom stereocenters. The molecule has 1 aliphatic heterocycles. The van der Waals surface area contributed by atoms with E-state index in [0.717, 1.165) is 51.3 Å². The highest BCUT2D eigenvalue weighted by atomic mass is 16.5. The maximum absolute atomic E-state index is 10.4. The van der Waals surface area contributed by atoms with Crippen molar-refractivity contribution in [2.45, 2.75) is 31.9 Å². The van der Waals surface area contributed by atoms with Crippen LogP contribution in [0.2, 0.25) is 0 Å². The summed E-state index contributed by atoms with van der Waals surface area (Å²) in [6.45, 7) is 7.05. The van der Waals surface area contributed by atoms with E-state index in [1.54, 1.807) is 0 Å². The van der Waals surface area contributed by atoms with E-state index in [9.17, 15) is 5.11 Å². The second-order valence-electron chi connectivity index (χ2n) is 5.48. The van der Waals surface area contributed by atoms with Crippen molar-refractivity contribution in [3.05, 3.63) is 35.9 Å². The summed E-state index contributed by atoms with van der Waals surface area (Å²) in [5.41, 5.74) is 0.984. The normalized spacial score (nSPS) is 21.3. The molecule has 21 heavy (non-hydrogen) atoms. The van der Waals surface area contributed by atoms with Gasteiger partial charge in [-0.2, -0.15) is 0 Å². The first-order chi connectivity index (χ1) is 10.3. The highest BCUT2D eigenvalue weighted by Crippen LogP contribution is 2.22. The molecule has 0 saturated carbocycles. The monoisotopic (exact) mass is 293 g/mol. The predicted octanol–water partition coefficient (Wildman–Crippen LogP) is 2.24. The van der Waals surface area contributed by atoms with Gasteiger partial charge in [-0.15, -0.1) is 0 Å². The van der Waals surface area contributed by atoms with Gasteiger partial charge in [0.2, 0.25) is 0 Å². The lowest BCUT2D eigenvalue weighted by atomic mass is 10.0. The quantitative estimate of drug-likeness (QED) is 0.746. The molecule has 0 bridgehead atoms. The van der Waals surface area contributed by atoms with Crippen molar-refractivity contribution in [2.24, 2.45) is 0 Å². The first-order valence-corrected chi connectivity index (χ1v) is 7.93. The number of rotatable bonds is 8. The van der Waals surface area contributed by atoms with Crippen LogP contribution >= 0.6 is 0 Å². The summed E-state index contributed by atoms with van der Waals surface area (Å²) in [5, 5.41) is 10.4. The molecule has 1 aromatic rings. The van der Waals surface area contributed by atoms with Crippen LogP contribution in [-0.4, -0.2) is 55.6 Å². The second-order valence-corrected chi connectivity index (χ2v) is 5.48. The number of morpholine rings is 1. The van der Waals surface area contributed by atoms with Gasteiger partial charge in [0.15, 0.2) is 0 Å². The summed E-state index contributed by atoms with van der Waals surface area (Å²) in [4.78, 5) is 2.43. The van der Waals surface area contributed by atoms with Gasteiger partial charge in [-0.1, -0.05) is 30.3 Å². The molecule has 1 aromatic carbocycles. The molecule has 4 heteroatoms. The first kappa shape index (κ1) is 16.4. The molecule has 2 unspecified atom stereocenters. The summed E-state index contributed by atoms with van der Waals surface area (Å²) in [5.74, 6) is 0. The van der Waals surface area contributed by atoms with Crippen LogP contribution in [0.25, 0.3) is 0 Å². The molecule has 1 saturated heterocycles. The fraction of sp³-hybridized carbons (Fsp3) is 0.647. The summed E-state index contributed by atoms with van der Waals surface area (Å²) >= 11 is 0. The minimum Gasteiger partial charge on any atom is -0.388 e. The van der Waals surface area contributed by atoms with Crippen molar-refractivity contribution in [1.82, 2.24) is 4.90 Å². The summed E-state index contributed by atoms with van der Waals surface area (Å²) in [6.07, 6.45) is 1.33. The topological polar surface area (TPSA) is 41.9 Å². The van der Waals surface area contributed by atoms with Gasteiger partial charge in [0.05, 0.1) is 19.3 Å². The molecule has 1 heterocycles. The van der Waals surface area contributed by atoms with E-state index in [1.807, 2.05) is 37.3 Å². The first-order valence-electron chi connectivity index (χ1n) is 7.93. The number of aliphatic hydroxyl groups excluding tert-OH is 1. The maximum atomic E-state index is 10.4. The average Bonchev–Trinajstić information content (AvgIpc) is 2.54. The molecule has 2 rings (SSSR count). The Bertz CT molecular complexity index is 385. The molecule has 4 nitrogen and oxygen atoms in total. The Kier molecular flexibility index (Phi) is 7.16. The van der Waals surface area contributed by atoms with E-state index in [1.165, 1.54) is 0 Å². The Balaban J connectivity index is 1.83. The van der Waals surface area contributed by atoms with Gasteiger partial charge in [0.25, 0.3) is 0 Å². The van der Waals surface area contributed by atoms with Crippen molar-refractivity contribution < 1.29 is 14.6 Å². The molecule has 1 fully saturated rings. The highest BCUT2D eigenvalue weighted by molar-refractivity contribution is 5.17. The number of hydrogen-bond donors (Lipinski definition) is 1. The predicted molar refractivity (Wildman–Crippen MR) is 83.3 cm³/mol. The van der Waals surface area contributed by atoms with Gasteiger partial charge >= 0.3 is 0 Å². The van der Waals surface area contributed by atoms with Gasteiger partial charge in [-0.25, -0.2) is 0 Å². The third kappa shape index (κ3) is 5.40. The molecular weight excluding hydrogens is 266 g/mol. The Morgan fingerprint density at radius 1 is 1.38 bits per heavy atom. The summed E-state index contributed by atoms with van der Waals surface area (Å²) in [6, 6.07) is 10.2. The van der Waals surface area contributed by atoms with Crippen molar-refractivity contribution in [1.29, 1.82) is 0 Å². The SMILES string of the molecule is CCOCCCN1CCOCC1CC(O)c1ccccc1. The van der Waals surface area contributed by atoms with E-state index in [0.29, 0.717) is 6.61 Å². The number of hydrogen-bond acceptors (Lipinski definition) is 4. The van der Waals surface area contributed by atoms with Gasteiger partial charge in [-0.05, 0) is 25.3 Å². The van der Waals surface area contributed by atoms with E-state index >= 15 is 0 Å². The fourth-order valence-corrected chi connectivity index (χ4v) is 2.78. The molecule has 1 aliphatic rings. The summed E-state index contributed by atoms with van der Waals surface area (Å²) in [7, 11) is 0. The van der Waals surface area contributed by atoms with Crippen LogP contribution < -0.4 is 0 Å². The molecular formula is C17H27NO3. The zero-order valence-corrected chi connectivity index (χ0v) is 12.9. The van der Waals surface area contributed by atoms with Crippen molar-refractivity contribution in [3.63, 3.8) is 0 Å². The minimum absolute atomic E-state index is 0.288. The average molecular weight is 293 g/mol. The van der Waals surface area contributed by atoms with Gasteiger partial charge < -0.3 is 14.6 Å². The minimum atomic E-state index is -0.424. The zero-order chi connectivity index (χ0) is 14.9.